The molecule has 0 saturated carbocycles. The zero-order valence-electron chi connectivity index (χ0n) is 10.9. The highest BCUT2D eigenvalue weighted by Gasteiger charge is 2.24. The van der Waals surface area contributed by atoms with Crippen molar-refractivity contribution in [2.45, 2.75) is 50.3 Å². The Morgan fingerprint density at radius 3 is 2.56 bits per heavy atom. The number of rotatable bonds is 4. The van der Waals surface area contributed by atoms with E-state index in [4.69, 9.17) is 11.6 Å². The Morgan fingerprint density at radius 2 is 2.06 bits per heavy atom. The lowest BCUT2D eigenvalue weighted by Gasteiger charge is -2.24. The number of hydrogen-bond acceptors (Lipinski definition) is 0. The molecule has 0 heterocycles. The second-order valence-electron chi connectivity index (χ2n) is 6.02. The minimum atomic E-state index is -0.962. The molecule has 0 radical (unpaired) electrons. The molecule has 0 saturated heterocycles. The Bertz CT molecular complexity index is 320. The van der Waals surface area contributed by atoms with Gasteiger partial charge in [-0.25, -0.2) is 0 Å². The van der Waals surface area contributed by atoms with Crippen LogP contribution < -0.4 is 0 Å². The molecular formula is C14H23ClSi. The fraction of sp³-hybridized carbons (Fsp3) is 0.571. The Hall–Kier alpha value is -0.273. The molecule has 1 atom stereocenters. The highest BCUT2D eigenvalue weighted by molar-refractivity contribution is 6.76. The van der Waals surface area contributed by atoms with Crippen molar-refractivity contribution in [3.05, 3.63) is 36.0 Å². The molecule has 0 N–H and O–H groups in total. The minimum Gasteiger partial charge on any atom is -0.114 e. The molecule has 0 nitrogen and oxygen atoms in total. The van der Waals surface area contributed by atoms with Crippen molar-refractivity contribution in [1.29, 1.82) is 0 Å². The van der Waals surface area contributed by atoms with E-state index in [1.165, 1.54) is 11.6 Å². The summed E-state index contributed by atoms with van der Waals surface area (Å²) >= 11 is 6.55. The standard InChI is InChI=1S/C14H23ClSi/c1-13(8-11-16(2,3)4)12-14(15)9-6-5-7-10-14/h5-9H,10-12H2,1-4H3. The predicted octanol–water partition coefficient (Wildman–Crippen LogP) is 5.15. The third kappa shape index (κ3) is 5.18. The zero-order valence-corrected chi connectivity index (χ0v) is 12.6. The van der Waals surface area contributed by atoms with Crippen molar-refractivity contribution in [1.82, 2.24) is 0 Å². The molecule has 0 aliphatic heterocycles. The molecule has 0 bridgehead atoms. The van der Waals surface area contributed by atoms with Gasteiger partial charge in [0, 0.05) is 8.07 Å². The molecule has 0 aromatic rings. The van der Waals surface area contributed by atoms with E-state index in [9.17, 15) is 0 Å². The van der Waals surface area contributed by atoms with Gasteiger partial charge in [-0.1, -0.05) is 55.6 Å². The van der Waals surface area contributed by atoms with Gasteiger partial charge in [0.2, 0.25) is 0 Å². The summed E-state index contributed by atoms with van der Waals surface area (Å²) < 4.78 is 0. The first-order chi connectivity index (χ1) is 7.31. The zero-order chi connectivity index (χ0) is 12.2. The number of allylic oxidation sites excluding steroid dienone is 6. The van der Waals surface area contributed by atoms with Crippen LogP contribution in [0.2, 0.25) is 25.7 Å². The van der Waals surface area contributed by atoms with E-state index in [1.807, 2.05) is 0 Å². The van der Waals surface area contributed by atoms with Crippen LogP contribution in [0.25, 0.3) is 0 Å². The number of hydrogen-bond donors (Lipinski definition) is 0. The second-order valence-corrected chi connectivity index (χ2v) is 12.3. The number of halogens is 1. The summed E-state index contributed by atoms with van der Waals surface area (Å²) in [5.41, 5.74) is 1.43. The average Bonchev–Trinajstić information content (AvgIpc) is 2.14. The van der Waals surface area contributed by atoms with Gasteiger partial charge < -0.3 is 0 Å². The van der Waals surface area contributed by atoms with E-state index in [0.717, 1.165) is 12.8 Å². The molecule has 90 valence electrons. The van der Waals surface area contributed by atoms with Gasteiger partial charge in [-0.2, -0.15) is 0 Å². The van der Waals surface area contributed by atoms with Gasteiger partial charge in [0.25, 0.3) is 0 Å². The Kier molecular flexibility index (Phi) is 4.63. The first-order valence-corrected chi connectivity index (χ1v) is 10.1. The van der Waals surface area contributed by atoms with E-state index in [-0.39, 0.29) is 4.87 Å². The van der Waals surface area contributed by atoms with Crippen LogP contribution >= 0.6 is 11.6 Å². The lowest BCUT2D eigenvalue weighted by atomic mass is 9.92. The van der Waals surface area contributed by atoms with E-state index in [2.05, 4.69) is 56.9 Å². The Balaban J connectivity index is 2.54. The summed E-state index contributed by atoms with van der Waals surface area (Å²) in [7, 11) is -0.962. The maximum atomic E-state index is 6.55. The summed E-state index contributed by atoms with van der Waals surface area (Å²) in [6.07, 6.45) is 12.7. The van der Waals surface area contributed by atoms with Gasteiger partial charge in [0.1, 0.15) is 0 Å². The van der Waals surface area contributed by atoms with E-state index in [1.54, 1.807) is 0 Å². The van der Waals surface area contributed by atoms with Crippen LogP contribution in [0, 0.1) is 0 Å². The molecule has 0 spiro atoms. The normalized spacial score (nSPS) is 26.2. The van der Waals surface area contributed by atoms with Crippen LogP contribution in [0.3, 0.4) is 0 Å². The van der Waals surface area contributed by atoms with Crippen LogP contribution in [0.15, 0.2) is 36.0 Å². The predicted molar refractivity (Wildman–Crippen MR) is 78.0 cm³/mol. The summed E-state index contributed by atoms with van der Waals surface area (Å²) in [4.78, 5) is -0.172. The lowest BCUT2D eigenvalue weighted by Crippen LogP contribution is -2.20. The van der Waals surface area contributed by atoms with Crippen LogP contribution in [0.1, 0.15) is 19.8 Å². The summed E-state index contributed by atoms with van der Waals surface area (Å²) in [6.45, 7) is 9.40. The first-order valence-electron chi connectivity index (χ1n) is 6.00. The van der Waals surface area contributed by atoms with Crippen LogP contribution in [-0.2, 0) is 0 Å². The van der Waals surface area contributed by atoms with E-state index < -0.39 is 8.07 Å². The molecule has 16 heavy (non-hydrogen) atoms. The second kappa shape index (κ2) is 5.37. The van der Waals surface area contributed by atoms with Crippen LogP contribution in [0.5, 0.6) is 0 Å². The van der Waals surface area contributed by atoms with Crippen molar-refractivity contribution in [3.63, 3.8) is 0 Å². The third-order valence-electron chi connectivity index (χ3n) is 2.73. The molecule has 0 amide bonds. The van der Waals surface area contributed by atoms with Crippen molar-refractivity contribution in [3.8, 4) is 0 Å². The van der Waals surface area contributed by atoms with Gasteiger partial charge >= 0.3 is 0 Å². The Morgan fingerprint density at radius 1 is 1.38 bits per heavy atom. The largest absolute Gasteiger partial charge is 0.114 e. The fourth-order valence-electron chi connectivity index (χ4n) is 1.79. The molecule has 1 aliphatic rings. The fourth-order valence-corrected chi connectivity index (χ4v) is 3.12. The smallest absolute Gasteiger partial charge is 0.0700 e. The van der Waals surface area contributed by atoms with E-state index >= 15 is 0 Å². The topological polar surface area (TPSA) is 0 Å². The Labute approximate surface area is 106 Å². The lowest BCUT2D eigenvalue weighted by molar-refractivity contribution is 0.690. The highest BCUT2D eigenvalue weighted by Crippen LogP contribution is 2.32. The molecule has 0 fully saturated rings. The molecule has 1 unspecified atom stereocenters. The van der Waals surface area contributed by atoms with Gasteiger partial charge in [-0.15, -0.1) is 11.6 Å². The average molecular weight is 255 g/mol. The first kappa shape index (κ1) is 13.8. The SMILES string of the molecule is CC(=CC[Si](C)(C)C)CC1(Cl)C=CC=CC1. The molecule has 1 rings (SSSR count). The molecule has 2 heteroatoms. The highest BCUT2D eigenvalue weighted by atomic mass is 35.5. The maximum Gasteiger partial charge on any atom is 0.0700 e. The van der Waals surface area contributed by atoms with Crippen molar-refractivity contribution in [2.24, 2.45) is 0 Å². The summed E-state index contributed by atoms with van der Waals surface area (Å²) in [5.74, 6) is 0. The maximum absolute atomic E-state index is 6.55. The quantitative estimate of drug-likeness (QED) is 0.370. The number of alkyl halides is 1. The van der Waals surface area contributed by atoms with Gasteiger partial charge in [-0.3, -0.25) is 0 Å². The molecule has 0 aromatic heterocycles. The van der Waals surface area contributed by atoms with Gasteiger partial charge in [0.15, 0.2) is 0 Å². The van der Waals surface area contributed by atoms with Crippen molar-refractivity contribution in [2.75, 3.05) is 0 Å². The molecule has 0 aromatic carbocycles. The van der Waals surface area contributed by atoms with Crippen LogP contribution in [-0.4, -0.2) is 12.9 Å². The molecular weight excluding hydrogens is 232 g/mol. The van der Waals surface area contributed by atoms with E-state index in [0.29, 0.717) is 0 Å². The van der Waals surface area contributed by atoms with Gasteiger partial charge in [0.05, 0.1) is 4.87 Å². The summed E-state index contributed by atoms with van der Waals surface area (Å²) in [5, 5.41) is 0. The van der Waals surface area contributed by atoms with Crippen LogP contribution in [0.4, 0.5) is 0 Å². The minimum absolute atomic E-state index is 0.172. The van der Waals surface area contributed by atoms with Gasteiger partial charge in [-0.05, 0) is 25.8 Å². The third-order valence-corrected chi connectivity index (χ3v) is 4.58. The molecule has 1 aliphatic carbocycles. The summed E-state index contributed by atoms with van der Waals surface area (Å²) in [6, 6.07) is 1.26. The van der Waals surface area contributed by atoms with Crippen molar-refractivity contribution >= 4 is 19.7 Å². The van der Waals surface area contributed by atoms with Crippen molar-refractivity contribution < 1.29 is 0 Å². The monoisotopic (exact) mass is 254 g/mol.